The maximum absolute atomic E-state index is 6.05. The summed E-state index contributed by atoms with van der Waals surface area (Å²) in [6.45, 7) is 2.96. The Balaban J connectivity index is 1.87. The smallest absolute Gasteiger partial charge is 0.118 e. The van der Waals surface area contributed by atoms with E-state index < -0.39 is 0 Å². The Bertz CT molecular complexity index is 412. The molecule has 0 amide bonds. The molecule has 1 aliphatic carbocycles. The summed E-state index contributed by atoms with van der Waals surface area (Å²) in [5.41, 5.74) is 7.44. The van der Waals surface area contributed by atoms with Gasteiger partial charge in [-0.2, -0.15) is 0 Å². The summed E-state index contributed by atoms with van der Waals surface area (Å²) in [6.07, 6.45) is 8.84. The lowest BCUT2D eigenvalue weighted by molar-refractivity contribution is 0.256. The monoisotopic (exact) mass is 290 g/mol. The first-order chi connectivity index (χ1) is 10.1. The highest BCUT2D eigenvalue weighted by molar-refractivity contribution is 5.27. The van der Waals surface area contributed by atoms with Gasteiger partial charge in [-0.15, -0.1) is 0 Å². The standard InChI is InChI=1S/C18H30N2O/c1-18(14-19,20-16-6-4-3-5-7-16)13-12-15-8-10-17(21-2)11-9-15/h8-11,16,20H,3-7,12-14,19H2,1-2H3. The van der Waals surface area contributed by atoms with Gasteiger partial charge >= 0.3 is 0 Å². The van der Waals surface area contributed by atoms with Gasteiger partial charge in [0.05, 0.1) is 7.11 Å². The van der Waals surface area contributed by atoms with Gasteiger partial charge in [0.15, 0.2) is 0 Å². The third-order valence-corrected chi connectivity index (χ3v) is 4.73. The number of nitrogens with one attached hydrogen (secondary N) is 1. The molecule has 3 N–H and O–H groups in total. The maximum Gasteiger partial charge on any atom is 0.118 e. The van der Waals surface area contributed by atoms with E-state index in [2.05, 4.69) is 24.4 Å². The van der Waals surface area contributed by atoms with Crippen LogP contribution in [0.4, 0.5) is 0 Å². The largest absolute Gasteiger partial charge is 0.497 e. The van der Waals surface area contributed by atoms with Gasteiger partial charge in [-0.25, -0.2) is 0 Å². The van der Waals surface area contributed by atoms with Crippen molar-refractivity contribution in [2.45, 2.75) is 63.5 Å². The van der Waals surface area contributed by atoms with E-state index >= 15 is 0 Å². The van der Waals surface area contributed by atoms with Crippen molar-refractivity contribution >= 4 is 0 Å². The summed E-state index contributed by atoms with van der Waals surface area (Å²) in [6, 6.07) is 9.02. The molecule has 0 bridgehead atoms. The van der Waals surface area contributed by atoms with E-state index in [9.17, 15) is 0 Å². The van der Waals surface area contributed by atoms with Gasteiger partial charge in [-0.1, -0.05) is 31.4 Å². The summed E-state index contributed by atoms with van der Waals surface area (Å²) in [4.78, 5) is 0. The maximum atomic E-state index is 6.05. The molecule has 118 valence electrons. The number of hydrogen-bond donors (Lipinski definition) is 2. The number of hydrogen-bond acceptors (Lipinski definition) is 3. The Kier molecular flexibility index (Phi) is 6.07. The van der Waals surface area contributed by atoms with Crippen molar-refractivity contribution in [2.75, 3.05) is 13.7 Å². The predicted octanol–water partition coefficient (Wildman–Crippen LogP) is 3.27. The van der Waals surface area contributed by atoms with Crippen LogP contribution >= 0.6 is 0 Å². The molecule has 0 aliphatic heterocycles. The number of methoxy groups -OCH3 is 1. The molecule has 1 aliphatic rings. The minimum atomic E-state index is 0.0436. The average Bonchev–Trinajstić information content (AvgIpc) is 2.54. The normalized spacial score (nSPS) is 19.2. The summed E-state index contributed by atoms with van der Waals surface area (Å²) in [5, 5.41) is 3.83. The Morgan fingerprint density at radius 2 is 1.86 bits per heavy atom. The quantitative estimate of drug-likeness (QED) is 0.810. The van der Waals surface area contributed by atoms with Crippen LogP contribution in [0.3, 0.4) is 0 Å². The Morgan fingerprint density at radius 3 is 2.43 bits per heavy atom. The summed E-state index contributed by atoms with van der Waals surface area (Å²) < 4.78 is 5.20. The molecule has 0 spiro atoms. The number of aryl methyl sites for hydroxylation is 1. The minimum Gasteiger partial charge on any atom is -0.497 e. The SMILES string of the molecule is COc1ccc(CCC(C)(CN)NC2CCCCC2)cc1. The van der Waals surface area contributed by atoms with E-state index in [1.807, 2.05) is 12.1 Å². The Hall–Kier alpha value is -1.06. The molecule has 0 radical (unpaired) electrons. The van der Waals surface area contributed by atoms with Gasteiger partial charge in [0.2, 0.25) is 0 Å². The Morgan fingerprint density at radius 1 is 1.19 bits per heavy atom. The third kappa shape index (κ3) is 5.01. The molecule has 1 atom stereocenters. The second-order valence-electron chi connectivity index (χ2n) is 6.59. The van der Waals surface area contributed by atoms with E-state index in [4.69, 9.17) is 10.5 Å². The summed E-state index contributed by atoms with van der Waals surface area (Å²) in [5.74, 6) is 0.917. The molecule has 21 heavy (non-hydrogen) atoms. The molecule has 1 saturated carbocycles. The fourth-order valence-electron chi connectivity index (χ4n) is 3.19. The van der Waals surface area contributed by atoms with Crippen molar-refractivity contribution in [3.05, 3.63) is 29.8 Å². The van der Waals surface area contributed by atoms with Gasteiger partial charge < -0.3 is 15.8 Å². The lowest BCUT2D eigenvalue weighted by Crippen LogP contribution is -2.53. The van der Waals surface area contributed by atoms with Crippen LogP contribution in [0.1, 0.15) is 51.0 Å². The lowest BCUT2D eigenvalue weighted by Gasteiger charge is -2.36. The predicted molar refractivity (Wildman–Crippen MR) is 88.8 cm³/mol. The van der Waals surface area contributed by atoms with Crippen molar-refractivity contribution in [3.63, 3.8) is 0 Å². The van der Waals surface area contributed by atoms with Crippen molar-refractivity contribution < 1.29 is 4.74 Å². The average molecular weight is 290 g/mol. The van der Waals surface area contributed by atoms with Crippen LogP contribution in [0.15, 0.2) is 24.3 Å². The van der Waals surface area contributed by atoms with Crippen molar-refractivity contribution in [3.8, 4) is 5.75 Å². The third-order valence-electron chi connectivity index (χ3n) is 4.73. The van der Waals surface area contributed by atoms with E-state index in [0.29, 0.717) is 12.6 Å². The minimum absolute atomic E-state index is 0.0436. The molecule has 3 heteroatoms. The van der Waals surface area contributed by atoms with Gasteiger partial charge in [0.1, 0.15) is 5.75 Å². The van der Waals surface area contributed by atoms with E-state index in [1.54, 1.807) is 7.11 Å². The highest BCUT2D eigenvalue weighted by atomic mass is 16.5. The van der Waals surface area contributed by atoms with Gasteiger partial charge in [-0.3, -0.25) is 0 Å². The molecule has 1 unspecified atom stereocenters. The molecule has 1 aromatic rings. The zero-order valence-electron chi connectivity index (χ0n) is 13.5. The number of nitrogens with two attached hydrogens (primary N) is 1. The molecule has 3 nitrogen and oxygen atoms in total. The molecule has 2 rings (SSSR count). The second-order valence-corrected chi connectivity index (χ2v) is 6.59. The zero-order chi connectivity index (χ0) is 15.1. The van der Waals surface area contributed by atoms with Gasteiger partial charge in [-0.05, 0) is 50.3 Å². The van der Waals surface area contributed by atoms with Crippen LogP contribution in [0, 0.1) is 0 Å². The summed E-state index contributed by atoms with van der Waals surface area (Å²) in [7, 11) is 1.70. The molecule has 1 fully saturated rings. The first-order valence-electron chi connectivity index (χ1n) is 8.26. The fourth-order valence-corrected chi connectivity index (χ4v) is 3.19. The number of ether oxygens (including phenoxy) is 1. The van der Waals surface area contributed by atoms with Gasteiger partial charge in [0, 0.05) is 18.1 Å². The van der Waals surface area contributed by atoms with Crippen LogP contribution in [-0.4, -0.2) is 25.2 Å². The highest BCUT2D eigenvalue weighted by Crippen LogP contribution is 2.22. The van der Waals surface area contributed by atoms with E-state index in [1.165, 1.54) is 37.7 Å². The molecule has 0 saturated heterocycles. The van der Waals surface area contributed by atoms with Crippen LogP contribution < -0.4 is 15.8 Å². The number of rotatable bonds is 7. The molecular formula is C18H30N2O. The van der Waals surface area contributed by atoms with Crippen molar-refractivity contribution in [2.24, 2.45) is 5.73 Å². The van der Waals surface area contributed by atoms with Crippen LogP contribution in [0.2, 0.25) is 0 Å². The fraction of sp³-hybridized carbons (Fsp3) is 0.667. The van der Waals surface area contributed by atoms with Crippen LogP contribution in [-0.2, 0) is 6.42 Å². The lowest BCUT2D eigenvalue weighted by atomic mass is 9.88. The Labute approximate surface area is 129 Å². The first kappa shape index (κ1) is 16.3. The van der Waals surface area contributed by atoms with Crippen molar-refractivity contribution in [1.29, 1.82) is 0 Å². The van der Waals surface area contributed by atoms with Crippen LogP contribution in [0.25, 0.3) is 0 Å². The molecule has 0 heterocycles. The van der Waals surface area contributed by atoms with Gasteiger partial charge in [0.25, 0.3) is 0 Å². The highest BCUT2D eigenvalue weighted by Gasteiger charge is 2.26. The van der Waals surface area contributed by atoms with Crippen LogP contribution in [0.5, 0.6) is 5.75 Å². The summed E-state index contributed by atoms with van der Waals surface area (Å²) >= 11 is 0. The molecule has 1 aromatic carbocycles. The topological polar surface area (TPSA) is 47.3 Å². The van der Waals surface area contributed by atoms with Crippen molar-refractivity contribution in [1.82, 2.24) is 5.32 Å². The zero-order valence-corrected chi connectivity index (χ0v) is 13.5. The first-order valence-corrected chi connectivity index (χ1v) is 8.26. The van der Waals surface area contributed by atoms with E-state index in [-0.39, 0.29) is 5.54 Å². The molecule has 0 aromatic heterocycles. The molecular weight excluding hydrogens is 260 g/mol. The van der Waals surface area contributed by atoms with E-state index in [0.717, 1.165) is 18.6 Å². The second kappa shape index (κ2) is 7.81. The number of benzene rings is 1.